The molecule has 0 saturated heterocycles. The van der Waals surface area contributed by atoms with E-state index in [0.29, 0.717) is 13.2 Å². The average Bonchev–Trinajstić information content (AvgIpc) is 2.39. The summed E-state index contributed by atoms with van der Waals surface area (Å²) in [7, 11) is -2.18. The molecule has 0 amide bonds. The van der Waals surface area contributed by atoms with E-state index in [0.717, 1.165) is 6.07 Å². The first kappa shape index (κ1) is 16.0. The lowest BCUT2D eigenvalue weighted by molar-refractivity contribution is 0.138. The lowest BCUT2D eigenvalue weighted by atomic mass is 10.2. The number of nitrogens with two attached hydrogens (primary N) is 1. The van der Waals surface area contributed by atoms with E-state index >= 15 is 0 Å². The fraction of sp³-hybridized carbons (Fsp3) is 0.500. The first-order valence-electron chi connectivity index (χ1n) is 5.96. The minimum absolute atomic E-state index is 0.0355. The van der Waals surface area contributed by atoms with Crippen LogP contribution in [-0.4, -0.2) is 39.5 Å². The summed E-state index contributed by atoms with van der Waals surface area (Å²) >= 11 is 0. The quantitative estimate of drug-likeness (QED) is 0.759. The summed E-state index contributed by atoms with van der Waals surface area (Å²) in [4.78, 5) is 0.0355. The lowest BCUT2D eigenvalue weighted by Crippen LogP contribution is -2.30. The van der Waals surface area contributed by atoms with E-state index < -0.39 is 15.8 Å². The molecule has 0 fully saturated rings. The molecule has 0 radical (unpaired) electrons. The van der Waals surface area contributed by atoms with Crippen molar-refractivity contribution < 1.29 is 17.5 Å². The van der Waals surface area contributed by atoms with Crippen LogP contribution in [-0.2, 0) is 21.3 Å². The lowest BCUT2D eigenvalue weighted by Gasteiger charge is -2.17. The van der Waals surface area contributed by atoms with Gasteiger partial charge in [0.25, 0.3) is 0 Å². The third-order valence-corrected chi connectivity index (χ3v) is 4.55. The van der Waals surface area contributed by atoms with Crippen molar-refractivity contribution in [2.45, 2.75) is 18.4 Å². The molecule has 0 atom stereocenters. The van der Waals surface area contributed by atoms with E-state index in [9.17, 15) is 12.8 Å². The Labute approximate surface area is 113 Å². The number of hydrogen-bond donors (Lipinski definition) is 1. The summed E-state index contributed by atoms with van der Waals surface area (Å²) in [5.74, 6) is -0.501. The highest BCUT2D eigenvalue weighted by atomic mass is 32.2. The van der Waals surface area contributed by atoms with E-state index in [4.69, 9.17) is 10.5 Å². The van der Waals surface area contributed by atoms with Crippen LogP contribution in [0.15, 0.2) is 23.1 Å². The minimum Gasteiger partial charge on any atom is -0.380 e. The van der Waals surface area contributed by atoms with Crippen LogP contribution in [0.1, 0.15) is 12.5 Å². The number of rotatable bonds is 7. The largest absolute Gasteiger partial charge is 0.380 e. The zero-order valence-electron chi connectivity index (χ0n) is 11.1. The van der Waals surface area contributed by atoms with E-state index in [1.165, 1.54) is 23.5 Å². The SMILES string of the molecule is CCOCCN(C)S(=O)(=O)c1ccc(F)c(CN)c1. The molecule has 1 rings (SSSR count). The van der Waals surface area contributed by atoms with Crippen LogP contribution >= 0.6 is 0 Å². The molecule has 2 N–H and O–H groups in total. The van der Waals surface area contributed by atoms with Gasteiger partial charge in [0.05, 0.1) is 11.5 Å². The summed E-state index contributed by atoms with van der Waals surface area (Å²) in [6.07, 6.45) is 0. The van der Waals surface area contributed by atoms with Crippen molar-refractivity contribution in [3.8, 4) is 0 Å². The third kappa shape index (κ3) is 3.97. The summed E-state index contributed by atoms with van der Waals surface area (Å²) in [5, 5.41) is 0. The number of likely N-dealkylation sites (N-methyl/N-ethyl adjacent to an activating group) is 1. The first-order valence-corrected chi connectivity index (χ1v) is 7.40. The van der Waals surface area contributed by atoms with Gasteiger partial charge in [-0.05, 0) is 25.1 Å². The van der Waals surface area contributed by atoms with Crippen molar-refractivity contribution in [1.82, 2.24) is 4.31 Å². The molecule has 1 aromatic carbocycles. The molecule has 0 aliphatic rings. The van der Waals surface area contributed by atoms with Gasteiger partial charge in [-0.1, -0.05) is 0 Å². The minimum atomic E-state index is -3.64. The van der Waals surface area contributed by atoms with Gasteiger partial charge in [-0.15, -0.1) is 0 Å². The second-order valence-corrected chi connectivity index (χ2v) is 6.03. The predicted octanol–water partition coefficient (Wildman–Crippen LogP) is 0.941. The topological polar surface area (TPSA) is 72.6 Å². The van der Waals surface area contributed by atoms with Crippen LogP contribution in [0, 0.1) is 5.82 Å². The number of ether oxygens (including phenoxy) is 1. The Morgan fingerprint density at radius 1 is 1.42 bits per heavy atom. The molecule has 0 bridgehead atoms. The van der Waals surface area contributed by atoms with Gasteiger partial charge in [-0.25, -0.2) is 12.8 Å². The molecule has 108 valence electrons. The van der Waals surface area contributed by atoms with E-state index in [-0.39, 0.29) is 23.5 Å². The average molecular weight is 290 g/mol. The van der Waals surface area contributed by atoms with Gasteiger partial charge < -0.3 is 10.5 Å². The van der Waals surface area contributed by atoms with Crippen molar-refractivity contribution >= 4 is 10.0 Å². The molecule has 0 aliphatic carbocycles. The van der Waals surface area contributed by atoms with Crippen LogP contribution in [0.4, 0.5) is 4.39 Å². The van der Waals surface area contributed by atoms with Gasteiger partial charge >= 0.3 is 0 Å². The third-order valence-electron chi connectivity index (χ3n) is 2.70. The fourth-order valence-corrected chi connectivity index (χ4v) is 2.71. The first-order chi connectivity index (χ1) is 8.93. The molecule has 0 saturated carbocycles. The molecule has 1 aromatic rings. The molecule has 0 unspecified atom stereocenters. The van der Waals surface area contributed by atoms with E-state index in [1.54, 1.807) is 0 Å². The van der Waals surface area contributed by atoms with E-state index in [2.05, 4.69) is 0 Å². The predicted molar refractivity (Wildman–Crippen MR) is 70.6 cm³/mol. The Morgan fingerprint density at radius 3 is 2.68 bits per heavy atom. The molecule has 7 heteroatoms. The number of benzene rings is 1. The Morgan fingerprint density at radius 2 is 2.11 bits per heavy atom. The Hall–Kier alpha value is -1.02. The standard InChI is InChI=1S/C12H19FN2O3S/c1-3-18-7-6-15(2)19(16,17)11-4-5-12(13)10(8-11)9-14/h4-5,8H,3,6-7,9,14H2,1-2H3. The number of sulfonamides is 1. The van der Waals surface area contributed by atoms with Crippen molar-refractivity contribution in [2.75, 3.05) is 26.8 Å². The van der Waals surface area contributed by atoms with Crippen molar-refractivity contribution in [3.05, 3.63) is 29.6 Å². The maximum absolute atomic E-state index is 13.3. The zero-order valence-corrected chi connectivity index (χ0v) is 11.9. The summed E-state index contributed by atoms with van der Waals surface area (Å²) in [5.41, 5.74) is 5.55. The highest BCUT2D eigenvalue weighted by Crippen LogP contribution is 2.18. The van der Waals surface area contributed by atoms with Crippen molar-refractivity contribution in [1.29, 1.82) is 0 Å². The maximum atomic E-state index is 13.3. The highest BCUT2D eigenvalue weighted by Gasteiger charge is 2.21. The van der Waals surface area contributed by atoms with Crippen LogP contribution in [0.2, 0.25) is 0 Å². The zero-order chi connectivity index (χ0) is 14.5. The fourth-order valence-electron chi connectivity index (χ4n) is 1.51. The number of hydrogen-bond acceptors (Lipinski definition) is 4. The second kappa shape index (κ2) is 6.95. The molecule has 19 heavy (non-hydrogen) atoms. The van der Waals surface area contributed by atoms with Gasteiger partial charge in [0.1, 0.15) is 5.82 Å². The van der Waals surface area contributed by atoms with Gasteiger partial charge in [-0.2, -0.15) is 4.31 Å². The monoisotopic (exact) mass is 290 g/mol. The smallest absolute Gasteiger partial charge is 0.242 e. The Balaban J connectivity index is 2.93. The van der Waals surface area contributed by atoms with Crippen LogP contribution < -0.4 is 5.73 Å². The van der Waals surface area contributed by atoms with E-state index in [1.807, 2.05) is 6.92 Å². The van der Waals surface area contributed by atoms with Gasteiger partial charge in [0.15, 0.2) is 0 Å². The second-order valence-electron chi connectivity index (χ2n) is 3.98. The molecule has 0 aliphatic heterocycles. The van der Waals surface area contributed by atoms with Gasteiger partial charge in [0.2, 0.25) is 10.0 Å². The Bertz CT molecular complexity index is 520. The van der Waals surface area contributed by atoms with Crippen molar-refractivity contribution in [3.63, 3.8) is 0 Å². The molecule has 0 aromatic heterocycles. The highest BCUT2D eigenvalue weighted by molar-refractivity contribution is 7.89. The maximum Gasteiger partial charge on any atom is 0.242 e. The molecular weight excluding hydrogens is 271 g/mol. The molecule has 0 heterocycles. The summed E-state index contributed by atoms with van der Waals surface area (Å²) in [6, 6.07) is 3.62. The summed E-state index contributed by atoms with van der Waals surface area (Å²) < 4.78 is 44.0. The molecule has 0 spiro atoms. The molecule has 5 nitrogen and oxygen atoms in total. The normalized spacial score (nSPS) is 12.1. The number of halogens is 1. The van der Waals surface area contributed by atoms with Crippen LogP contribution in [0.5, 0.6) is 0 Å². The van der Waals surface area contributed by atoms with Crippen LogP contribution in [0.25, 0.3) is 0 Å². The van der Waals surface area contributed by atoms with Crippen LogP contribution in [0.3, 0.4) is 0 Å². The van der Waals surface area contributed by atoms with Gasteiger partial charge in [-0.3, -0.25) is 0 Å². The molecular formula is C12H19FN2O3S. The van der Waals surface area contributed by atoms with Crippen molar-refractivity contribution in [2.24, 2.45) is 5.73 Å². The number of nitrogens with zero attached hydrogens (tertiary/aromatic N) is 1. The summed E-state index contributed by atoms with van der Waals surface area (Å²) in [6.45, 7) is 2.88. The van der Waals surface area contributed by atoms with Gasteiger partial charge in [0, 0.05) is 32.3 Å². The Kier molecular flexibility index (Phi) is 5.86.